The molecular formula is C21H34N2O3. The minimum Gasteiger partial charge on any atom is -0.491 e. The average molecular weight is 363 g/mol. The van der Waals surface area contributed by atoms with Crippen LogP contribution >= 0.6 is 0 Å². The van der Waals surface area contributed by atoms with E-state index in [0.717, 1.165) is 19.4 Å². The van der Waals surface area contributed by atoms with Gasteiger partial charge in [-0.15, -0.1) is 0 Å². The molecule has 1 heterocycles. The van der Waals surface area contributed by atoms with E-state index in [4.69, 9.17) is 9.47 Å². The van der Waals surface area contributed by atoms with Crippen LogP contribution in [0.15, 0.2) is 24.3 Å². The summed E-state index contributed by atoms with van der Waals surface area (Å²) in [5, 5.41) is 2.80. The first-order valence-corrected chi connectivity index (χ1v) is 10.2. The fourth-order valence-corrected chi connectivity index (χ4v) is 3.19. The number of hydrogen-bond acceptors (Lipinski definition) is 4. The molecule has 0 unspecified atom stereocenters. The van der Waals surface area contributed by atoms with Crippen molar-refractivity contribution in [3.8, 4) is 5.75 Å². The zero-order valence-corrected chi connectivity index (χ0v) is 16.2. The Morgan fingerprint density at radius 3 is 2.65 bits per heavy atom. The second-order valence-electron chi connectivity index (χ2n) is 6.92. The van der Waals surface area contributed by atoms with E-state index in [1.807, 2.05) is 24.3 Å². The van der Waals surface area contributed by atoms with E-state index in [9.17, 15) is 4.79 Å². The highest BCUT2D eigenvalue weighted by Crippen LogP contribution is 2.24. The molecule has 1 aromatic rings. The molecule has 1 aromatic carbocycles. The second kappa shape index (κ2) is 12.6. The van der Waals surface area contributed by atoms with Crippen LogP contribution in [-0.2, 0) is 4.74 Å². The van der Waals surface area contributed by atoms with Crippen LogP contribution in [-0.4, -0.2) is 43.8 Å². The van der Waals surface area contributed by atoms with E-state index >= 15 is 0 Å². The minimum atomic E-state index is -0.411. The number of anilines is 1. The lowest BCUT2D eigenvalue weighted by molar-refractivity contribution is 0.148. The van der Waals surface area contributed by atoms with Crippen molar-refractivity contribution < 1.29 is 14.3 Å². The highest BCUT2D eigenvalue weighted by Gasteiger charge is 2.11. The lowest BCUT2D eigenvalue weighted by Gasteiger charge is -2.26. The highest BCUT2D eigenvalue weighted by atomic mass is 16.5. The molecule has 1 saturated heterocycles. The van der Waals surface area contributed by atoms with Gasteiger partial charge in [-0.2, -0.15) is 0 Å². The zero-order chi connectivity index (χ0) is 18.5. The zero-order valence-electron chi connectivity index (χ0n) is 16.2. The van der Waals surface area contributed by atoms with Crippen LogP contribution < -0.4 is 10.1 Å². The molecule has 0 atom stereocenters. The second-order valence-corrected chi connectivity index (χ2v) is 6.92. The van der Waals surface area contributed by atoms with Gasteiger partial charge in [-0.05, 0) is 50.9 Å². The van der Waals surface area contributed by atoms with Crippen molar-refractivity contribution in [1.29, 1.82) is 0 Å². The first-order valence-electron chi connectivity index (χ1n) is 10.2. The van der Waals surface area contributed by atoms with E-state index in [-0.39, 0.29) is 0 Å². The Balaban J connectivity index is 1.65. The number of amides is 1. The molecule has 146 valence electrons. The van der Waals surface area contributed by atoms with E-state index in [1.54, 1.807) is 0 Å². The molecule has 26 heavy (non-hydrogen) atoms. The Kier molecular flexibility index (Phi) is 9.95. The van der Waals surface area contributed by atoms with Crippen molar-refractivity contribution in [2.75, 3.05) is 38.2 Å². The maximum atomic E-state index is 12.0. The molecule has 5 heteroatoms. The topological polar surface area (TPSA) is 50.8 Å². The Labute approximate surface area is 158 Å². The molecule has 1 N–H and O–H groups in total. The molecule has 1 amide bonds. The molecule has 5 nitrogen and oxygen atoms in total. The maximum Gasteiger partial charge on any atom is 0.411 e. The van der Waals surface area contributed by atoms with Crippen molar-refractivity contribution in [3.63, 3.8) is 0 Å². The van der Waals surface area contributed by atoms with E-state index in [1.165, 1.54) is 51.6 Å². The first-order chi connectivity index (χ1) is 12.8. The Morgan fingerprint density at radius 1 is 1.04 bits per heavy atom. The quantitative estimate of drug-likeness (QED) is 0.558. The van der Waals surface area contributed by atoms with Crippen molar-refractivity contribution in [1.82, 2.24) is 4.90 Å². The van der Waals surface area contributed by atoms with E-state index in [2.05, 4.69) is 17.1 Å². The maximum absolute atomic E-state index is 12.0. The molecule has 1 fully saturated rings. The van der Waals surface area contributed by atoms with Crippen molar-refractivity contribution in [2.45, 2.75) is 58.3 Å². The molecule has 1 aliphatic rings. The number of nitrogens with one attached hydrogen (secondary N) is 1. The van der Waals surface area contributed by atoms with Crippen LogP contribution in [0.1, 0.15) is 58.3 Å². The monoisotopic (exact) mass is 362 g/mol. The molecule has 0 aromatic heterocycles. The van der Waals surface area contributed by atoms with Gasteiger partial charge < -0.3 is 14.4 Å². The van der Waals surface area contributed by atoms with Gasteiger partial charge in [0.15, 0.2) is 0 Å². The number of likely N-dealkylation sites (tertiary alicyclic amines) is 1. The predicted molar refractivity (Wildman–Crippen MR) is 106 cm³/mol. The molecule has 0 aliphatic carbocycles. The van der Waals surface area contributed by atoms with Crippen LogP contribution in [0.4, 0.5) is 10.5 Å². The summed E-state index contributed by atoms with van der Waals surface area (Å²) in [7, 11) is 0. The number of para-hydroxylation sites is 2. The molecule has 1 aliphatic heterocycles. The molecule has 0 saturated carbocycles. The number of carbonyl (C=O) groups is 1. The summed E-state index contributed by atoms with van der Waals surface area (Å²) in [5.41, 5.74) is 0.670. The molecule has 0 bridgehead atoms. The van der Waals surface area contributed by atoms with Gasteiger partial charge in [0.1, 0.15) is 5.75 Å². The molecule has 0 spiro atoms. The van der Waals surface area contributed by atoms with Crippen LogP contribution in [0.5, 0.6) is 5.75 Å². The lowest BCUT2D eigenvalue weighted by atomic mass is 10.1. The van der Waals surface area contributed by atoms with Crippen LogP contribution in [0.25, 0.3) is 0 Å². The molecular weight excluding hydrogens is 328 g/mol. The van der Waals surface area contributed by atoms with Gasteiger partial charge in [0.25, 0.3) is 0 Å². The molecule has 0 radical (unpaired) electrons. The Morgan fingerprint density at radius 2 is 1.85 bits per heavy atom. The summed E-state index contributed by atoms with van der Waals surface area (Å²) in [5.74, 6) is 0.703. The van der Waals surface area contributed by atoms with Gasteiger partial charge in [-0.1, -0.05) is 44.7 Å². The summed E-state index contributed by atoms with van der Waals surface area (Å²) < 4.78 is 11.1. The smallest absolute Gasteiger partial charge is 0.411 e. The number of piperidine rings is 1. The average Bonchev–Trinajstić information content (AvgIpc) is 2.67. The third kappa shape index (κ3) is 8.09. The van der Waals surface area contributed by atoms with Gasteiger partial charge in [0.05, 0.1) is 18.9 Å². The number of unbranched alkanes of at least 4 members (excludes halogenated alkanes) is 3. The largest absolute Gasteiger partial charge is 0.491 e. The van der Waals surface area contributed by atoms with Gasteiger partial charge in [-0.25, -0.2) is 4.79 Å². The fourth-order valence-electron chi connectivity index (χ4n) is 3.19. The van der Waals surface area contributed by atoms with Crippen LogP contribution in [0.2, 0.25) is 0 Å². The fraction of sp³-hybridized carbons (Fsp3) is 0.667. The van der Waals surface area contributed by atoms with Gasteiger partial charge in [-0.3, -0.25) is 5.32 Å². The summed E-state index contributed by atoms with van der Waals surface area (Å²) in [6.07, 6.45) is 9.03. The number of benzene rings is 1. The lowest BCUT2D eigenvalue weighted by Crippen LogP contribution is -2.31. The highest BCUT2D eigenvalue weighted by molar-refractivity contribution is 5.86. The SMILES string of the molecule is CCCCCCOc1ccccc1NC(=O)OCCCN1CCCCC1. The van der Waals surface area contributed by atoms with Gasteiger partial charge in [0, 0.05) is 6.54 Å². The van der Waals surface area contributed by atoms with E-state index in [0.29, 0.717) is 24.7 Å². The van der Waals surface area contributed by atoms with Crippen molar-refractivity contribution in [3.05, 3.63) is 24.3 Å². The normalized spacial score (nSPS) is 14.8. The number of nitrogens with zero attached hydrogens (tertiary/aromatic N) is 1. The first kappa shape index (κ1) is 20.6. The van der Waals surface area contributed by atoms with Crippen molar-refractivity contribution >= 4 is 11.8 Å². The summed E-state index contributed by atoms with van der Waals surface area (Å²) in [6, 6.07) is 7.52. The summed E-state index contributed by atoms with van der Waals surface area (Å²) in [6.45, 7) is 6.67. The minimum absolute atomic E-state index is 0.411. The van der Waals surface area contributed by atoms with Gasteiger partial charge >= 0.3 is 6.09 Å². The van der Waals surface area contributed by atoms with Crippen molar-refractivity contribution in [2.24, 2.45) is 0 Å². The third-order valence-corrected chi connectivity index (χ3v) is 4.68. The predicted octanol–water partition coefficient (Wildman–Crippen LogP) is 5.07. The number of hydrogen-bond donors (Lipinski definition) is 1. The van der Waals surface area contributed by atoms with Crippen LogP contribution in [0, 0.1) is 0 Å². The van der Waals surface area contributed by atoms with Gasteiger partial charge in [0.2, 0.25) is 0 Å². The molecule has 2 rings (SSSR count). The van der Waals surface area contributed by atoms with Crippen LogP contribution in [0.3, 0.4) is 0 Å². The number of carbonyl (C=O) groups excluding carboxylic acids is 1. The Hall–Kier alpha value is -1.75. The number of ether oxygens (including phenoxy) is 2. The summed E-state index contributed by atoms with van der Waals surface area (Å²) >= 11 is 0. The summed E-state index contributed by atoms with van der Waals surface area (Å²) in [4.78, 5) is 14.5. The van der Waals surface area contributed by atoms with E-state index < -0.39 is 6.09 Å². The number of rotatable bonds is 11. The standard InChI is InChI=1S/C21H34N2O3/c1-2-3-4-10-17-25-20-13-7-6-12-19(20)22-21(24)26-18-11-16-23-14-8-5-9-15-23/h6-7,12-13H,2-5,8-11,14-18H2,1H3,(H,22,24). The Bertz CT molecular complexity index is 516. The third-order valence-electron chi connectivity index (χ3n) is 4.68.